The van der Waals surface area contributed by atoms with Crippen molar-refractivity contribution in [3.05, 3.63) is 77.4 Å². The van der Waals surface area contributed by atoms with Crippen molar-refractivity contribution in [2.24, 2.45) is 5.92 Å². The highest BCUT2D eigenvalue weighted by Gasteiger charge is 2.14. The van der Waals surface area contributed by atoms with Crippen molar-refractivity contribution in [1.29, 1.82) is 0 Å². The number of aromatic hydroxyl groups is 1. The molecule has 2 aromatic rings. The summed E-state index contributed by atoms with van der Waals surface area (Å²) >= 11 is 0. The molecular formula is C22H26NOP. The molecule has 0 bridgehead atoms. The first-order chi connectivity index (χ1) is 12.2. The molecule has 0 heterocycles. The predicted octanol–water partition coefficient (Wildman–Crippen LogP) is 3.72. The second-order valence-electron chi connectivity index (χ2n) is 6.59. The fourth-order valence-electron chi connectivity index (χ4n) is 3.30. The monoisotopic (exact) mass is 351 g/mol. The van der Waals surface area contributed by atoms with E-state index in [0.717, 1.165) is 30.3 Å². The van der Waals surface area contributed by atoms with Gasteiger partial charge >= 0.3 is 0 Å². The molecule has 0 saturated carbocycles. The van der Waals surface area contributed by atoms with Gasteiger partial charge in [-0.1, -0.05) is 69.3 Å². The van der Waals surface area contributed by atoms with E-state index in [2.05, 4.69) is 72.9 Å². The molecule has 25 heavy (non-hydrogen) atoms. The third kappa shape index (κ3) is 4.39. The first-order valence-corrected chi connectivity index (χ1v) is 9.83. The molecule has 0 aromatic heterocycles. The maximum Gasteiger partial charge on any atom is 0.126 e. The van der Waals surface area contributed by atoms with Gasteiger partial charge in [-0.2, -0.15) is 0 Å². The highest BCUT2D eigenvalue weighted by molar-refractivity contribution is 7.56. The molecular weight excluding hydrogens is 325 g/mol. The minimum atomic E-state index is 0.470. The highest BCUT2D eigenvalue weighted by atomic mass is 31.1. The predicted molar refractivity (Wildman–Crippen MR) is 110 cm³/mol. The fraction of sp³-hybridized carbons (Fsp3) is 0.273. The van der Waals surface area contributed by atoms with Gasteiger partial charge in [0.25, 0.3) is 0 Å². The van der Waals surface area contributed by atoms with E-state index in [1.807, 2.05) is 7.05 Å². The molecule has 2 unspecified atom stereocenters. The third-order valence-electron chi connectivity index (χ3n) is 4.66. The summed E-state index contributed by atoms with van der Waals surface area (Å²) in [4.78, 5) is 0. The van der Waals surface area contributed by atoms with Crippen molar-refractivity contribution in [3.63, 3.8) is 0 Å². The van der Waals surface area contributed by atoms with E-state index in [1.54, 1.807) is 0 Å². The molecule has 2 atom stereocenters. The summed E-state index contributed by atoms with van der Waals surface area (Å²) in [7, 11) is 2.44. The lowest BCUT2D eigenvalue weighted by molar-refractivity contribution is 0.467. The van der Waals surface area contributed by atoms with Gasteiger partial charge in [-0.05, 0) is 54.7 Å². The maximum absolute atomic E-state index is 10.8. The molecule has 2 aromatic carbocycles. The number of rotatable bonds is 6. The Balaban J connectivity index is 1.85. The number of phenols is 1. The van der Waals surface area contributed by atoms with E-state index in [9.17, 15) is 5.11 Å². The third-order valence-corrected chi connectivity index (χ3v) is 6.30. The smallest absolute Gasteiger partial charge is 0.126 e. The molecule has 2 nitrogen and oxygen atoms in total. The number of hydrogen-bond acceptors (Lipinski definition) is 2. The first kappa shape index (κ1) is 17.9. The summed E-state index contributed by atoms with van der Waals surface area (Å²) in [5.74, 6) is 0.954. The summed E-state index contributed by atoms with van der Waals surface area (Å²) in [5.41, 5.74) is 3.65. The van der Waals surface area contributed by atoms with Gasteiger partial charge in [0.15, 0.2) is 0 Å². The number of benzene rings is 2. The summed E-state index contributed by atoms with van der Waals surface area (Å²) in [6.45, 7) is 3.01. The van der Waals surface area contributed by atoms with Gasteiger partial charge in [-0.25, -0.2) is 0 Å². The number of aryl methyl sites for hydroxylation is 1. The zero-order valence-electron chi connectivity index (χ0n) is 14.9. The number of phenolic OH excluding ortho intramolecular Hbond substituents is 1. The number of nitrogens with one attached hydrogen (secondary N) is 1. The summed E-state index contributed by atoms with van der Waals surface area (Å²) < 4.78 is 0. The lowest BCUT2D eigenvalue weighted by atomic mass is 9.93. The molecule has 0 spiro atoms. The van der Waals surface area contributed by atoms with Crippen LogP contribution in [0, 0.1) is 12.8 Å². The first-order valence-electron chi connectivity index (χ1n) is 8.83. The van der Waals surface area contributed by atoms with Crippen molar-refractivity contribution in [3.8, 4) is 5.75 Å². The molecule has 0 radical (unpaired) electrons. The lowest BCUT2D eigenvalue weighted by Crippen LogP contribution is -2.18. The van der Waals surface area contributed by atoms with E-state index in [1.165, 1.54) is 16.4 Å². The van der Waals surface area contributed by atoms with Crippen LogP contribution in [0.5, 0.6) is 5.75 Å². The van der Waals surface area contributed by atoms with Crippen LogP contribution in [-0.4, -0.2) is 12.2 Å². The van der Waals surface area contributed by atoms with Crippen LogP contribution in [0.25, 0.3) is 0 Å². The average molecular weight is 351 g/mol. The van der Waals surface area contributed by atoms with Gasteiger partial charge in [0, 0.05) is 11.8 Å². The normalized spacial score (nSPS) is 16.8. The SMILES string of the molecule is CNCc1cccc(C)c1Pc1cccc(CC2C=CC=CC2)c1O. The van der Waals surface area contributed by atoms with Crippen LogP contribution in [0.4, 0.5) is 0 Å². The van der Waals surface area contributed by atoms with Crippen LogP contribution in [0.15, 0.2) is 60.7 Å². The number of hydrogen-bond donors (Lipinski definition) is 2. The molecule has 2 N–H and O–H groups in total. The van der Waals surface area contributed by atoms with Crippen molar-refractivity contribution in [2.75, 3.05) is 7.05 Å². The second-order valence-corrected chi connectivity index (χ2v) is 7.88. The molecule has 3 rings (SSSR count). The molecule has 0 saturated heterocycles. The zero-order chi connectivity index (χ0) is 17.6. The molecule has 130 valence electrons. The molecule has 0 fully saturated rings. The summed E-state index contributed by atoms with van der Waals surface area (Å²) in [6.07, 6.45) is 10.6. The minimum Gasteiger partial charge on any atom is -0.507 e. The quantitative estimate of drug-likeness (QED) is 0.778. The van der Waals surface area contributed by atoms with Gasteiger partial charge in [0.1, 0.15) is 5.75 Å². The van der Waals surface area contributed by atoms with Gasteiger partial charge in [0.05, 0.1) is 0 Å². The van der Waals surface area contributed by atoms with E-state index < -0.39 is 0 Å². The Kier molecular flexibility index (Phi) is 6.07. The average Bonchev–Trinajstić information content (AvgIpc) is 2.62. The Labute approximate surface area is 152 Å². The van der Waals surface area contributed by atoms with Crippen molar-refractivity contribution in [1.82, 2.24) is 5.32 Å². The van der Waals surface area contributed by atoms with Gasteiger partial charge in [0.2, 0.25) is 0 Å². The van der Waals surface area contributed by atoms with Gasteiger partial charge in [-0.15, -0.1) is 0 Å². The Morgan fingerprint density at radius 3 is 2.68 bits per heavy atom. The van der Waals surface area contributed by atoms with Crippen LogP contribution < -0.4 is 15.9 Å². The van der Waals surface area contributed by atoms with Gasteiger partial charge in [-0.3, -0.25) is 0 Å². The van der Waals surface area contributed by atoms with Crippen LogP contribution in [0.1, 0.15) is 23.1 Å². The summed E-state index contributed by atoms with van der Waals surface area (Å²) in [6, 6.07) is 12.6. The Hall–Kier alpha value is -1.89. The van der Waals surface area contributed by atoms with Gasteiger partial charge < -0.3 is 10.4 Å². The Bertz CT molecular complexity index is 795. The Morgan fingerprint density at radius 1 is 1.12 bits per heavy atom. The molecule has 3 heteroatoms. The van der Waals surface area contributed by atoms with E-state index in [0.29, 0.717) is 20.2 Å². The second kappa shape index (κ2) is 8.47. The van der Waals surface area contributed by atoms with Crippen LogP contribution in [0.2, 0.25) is 0 Å². The minimum absolute atomic E-state index is 0.470. The van der Waals surface area contributed by atoms with E-state index >= 15 is 0 Å². The number of para-hydroxylation sites is 1. The van der Waals surface area contributed by atoms with E-state index in [-0.39, 0.29) is 0 Å². The topological polar surface area (TPSA) is 32.3 Å². The maximum atomic E-state index is 10.8. The van der Waals surface area contributed by atoms with Crippen molar-refractivity contribution < 1.29 is 5.11 Å². The van der Waals surface area contributed by atoms with E-state index in [4.69, 9.17) is 0 Å². The van der Waals surface area contributed by atoms with Crippen LogP contribution in [-0.2, 0) is 13.0 Å². The van der Waals surface area contributed by atoms with Crippen molar-refractivity contribution in [2.45, 2.75) is 26.3 Å². The van der Waals surface area contributed by atoms with Crippen LogP contribution in [0.3, 0.4) is 0 Å². The largest absolute Gasteiger partial charge is 0.507 e. The molecule has 0 amide bonds. The zero-order valence-corrected chi connectivity index (χ0v) is 15.9. The lowest BCUT2D eigenvalue weighted by Gasteiger charge is -2.17. The molecule has 1 aliphatic rings. The Morgan fingerprint density at radius 2 is 1.92 bits per heavy atom. The molecule has 0 aliphatic heterocycles. The van der Waals surface area contributed by atoms with Crippen LogP contribution >= 0.6 is 8.58 Å². The molecule has 1 aliphatic carbocycles. The summed E-state index contributed by atoms with van der Waals surface area (Å²) in [5, 5.41) is 16.5. The standard InChI is InChI=1S/C22H26NOP/c1-16-8-6-12-19(15-23-2)22(16)25-20-13-7-11-18(21(20)24)14-17-9-4-3-5-10-17/h3-9,11-13,17,23-25H,10,14-15H2,1-2H3. The highest BCUT2D eigenvalue weighted by Crippen LogP contribution is 2.28. The fourth-order valence-corrected chi connectivity index (χ4v) is 4.64. The van der Waals surface area contributed by atoms with Crippen molar-refractivity contribution >= 4 is 19.2 Å². The number of allylic oxidation sites excluding steroid dienone is 4.